The van der Waals surface area contributed by atoms with Gasteiger partial charge in [-0.05, 0) is 48.4 Å². The average molecular weight is 556 g/mol. The molecule has 0 fully saturated rings. The van der Waals surface area contributed by atoms with Crippen LogP contribution in [-0.2, 0) is 24.1 Å². The average Bonchev–Trinajstić information content (AvgIpc) is 3.19. The molecule has 4 rings (SSSR count). The Balaban J connectivity index is 2.01. The van der Waals surface area contributed by atoms with E-state index >= 15 is 0 Å². The Morgan fingerprint density at radius 1 is 0.946 bits per heavy atom. The summed E-state index contributed by atoms with van der Waals surface area (Å²) in [6, 6.07) is 13.9. The van der Waals surface area contributed by atoms with E-state index in [0.29, 0.717) is 18.6 Å². The van der Waals surface area contributed by atoms with E-state index in [4.69, 9.17) is 11.6 Å². The summed E-state index contributed by atoms with van der Waals surface area (Å²) in [4.78, 5) is 8.63. The minimum absolute atomic E-state index is 0.0135. The van der Waals surface area contributed by atoms with Crippen molar-refractivity contribution in [1.29, 1.82) is 0 Å². The van der Waals surface area contributed by atoms with Crippen LogP contribution in [0.1, 0.15) is 39.9 Å². The number of pyridine rings is 1. The maximum absolute atomic E-state index is 14.7. The molecule has 0 saturated heterocycles. The Bertz CT molecular complexity index is 1380. The number of halogens is 7. The van der Waals surface area contributed by atoms with Gasteiger partial charge in [-0.1, -0.05) is 41.9 Å². The lowest BCUT2D eigenvalue weighted by Gasteiger charge is -2.36. The smallest absolute Gasteiger partial charge is 0.346 e. The zero-order chi connectivity index (χ0) is 27.0. The van der Waals surface area contributed by atoms with Crippen molar-refractivity contribution in [2.24, 2.45) is 0 Å². The summed E-state index contributed by atoms with van der Waals surface area (Å²) in [5.41, 5.74) is -2.56. The number of hydrogen-bond donors (Lipinski definition) is 1. The normalized spacial score (nSPS) is 13.9. The maximum atomic E-state index is 14.7. The highest BCUT2D eigenvalue weighted by molar-refractivity contribution is 7.15. The molecule has 1 N–H and O–H groups in total. The number of rotatable bonds is 7. The monoisotopic (exact) mass is 555 g/mol. The number of anilines is 1. The largest absolute Gasteiger partial charge is 0.416 e. The van der Waals surface area contributed by atoms with Gasteiger partial charge in [0.1, 0.15) is 17.1 Å². The molecule has 1 unspecified atom stereocenters. The highest BCUT2D eigenvalue weighted by Crippen LogP contribution is 2.42. The van der Waals surface area contributed by atoms with Crippen molar-refractivity contribution in [3.05, 3.63) is 111 Å². The molecule has 0 radical (unpaired) electrons. The van der Waals surface area contributed by atoms with Crippen molar-refractivity contribution >= 4 is 28.1 Å². The van der Waals surface area contributed by atoms with Crippen molar-refractivity contribution in [3.8, 4) is 0 Å². The second kappa shape index (κ2) is 9.98. The fourth-order valence-corrected chi connectivity index (χ4v) is 5.18. The van der Waals surface area contributed by atoms with Crippen LogP contribution in [0.2, 0.25) is 5.02 Å². The molecule has 11 heteroatoms. The Hall–Kier alpha value is -3.11. The van der Waals surface area contributed by atoms with Crippen LogP contribution in [0.4, 0.5) is 31.5 Å². The van der Waals surface area contributed by atoms with E-state index in [0.717, 1.165) is 23.5 Å². The quantitative estimate of drug-likeness (QED) is 0.233. The molecule has 194 valence electrons. The minimum atomic E-state index is -4.84. The van der Waals surface area contributed by atoms with E-state index in [-0.39, 0.29) is 32.7 Å². The van der Waals surface area contributed by atoms with Gasteiger partial charge < -0.3 is 5.32 Å². The van der Waals surface area contributed by atoms with Gasteiger partial charge >= 0.3 is 6.18 Å². The van der Waals surface area contributed by atoms with E-state index in [9.17, 15) is 26.3 Å². The van der Waals surface area contributed by atoms with Gasteiger partial charge in [0, 0.05) is 24.4 Å². The molecular formula is C26H20ClF6N3S. The van der Waals surface area contributed by atoms with Gasteiger partial charge in [-0.25, -0.2) is 9.37 Å². The highest BCUT2D eigenvalue weighted by Gasteiger charge is 2.41. The fraction of sp³-hybridized carbons (Fsp3) is 0.231. The zero-order valence-corrected chi connectivity index (χ0v) is 21.1. The second-order valence-electron chi connectivity index (χ2n) is 8.59. The summed E-state index contributed by atoms with van der Waals surface area (Å²) in [5, 5.41) is 3.35. The van der Waals surface area contributed by atoms with Crippen LogP contribution in [0.25, 0.3) is 0 Å². The molecule has 0 aliphatic rings. The predicted molar refractivity (Wildman–Crippen MR) is 132 cm³/mol. The topological polar surface area (TPSA) is 37.8 Å². The summed E-state index contributed by atoms with van der Waals surface area (Å²) < 4.78 is 84.1. The van der Waals surface area contributed by atoms with E-state index < -0.39 is 34.7 Å². The molecule has 2 heterocycles. The lowest BCUT2D eigenvalue weighted by Crippen LogP contribution is -2.40. The first-order valence-corrected chi connectivity index (χ1v) is 12.2. The molecule has 2 aromatic heterocycles. The molecule has 0 spiro atoms. The molecule has 0 bridgehead atoms. The minimum Gasteiger partial charge on any atom is -0.346 e. The van der Waals surface area contributed by atoms with Crippen LogP contribution in [0.3, 0.4) is 0 Å². The lowest BCUT2D eigenvalue weighted by atomic mass is 9.80. The SMILES string of the molecule is Cc1sc(NC(Cc2ccccc2)(c2cc(F)cc(C(F)(F)F)c2)c2ccc(Cl)cn2)nc1C(C)(F)F. The third-order valence-corrected chi connectivity index (χ3v) is 6.84. The van der Waals surface area contributed by atoms with Gasteiger partial charge in [-0.15, -0.1) is 11.3 Å². The summed E-state index contributed by atoms with van der Waals surface area (Å²) in [6.45, 7) is 2.18. The van der Waals surface area contributed by atoms with Crippen molar-refractivity contribution in [2.45, 2.75) is 37.9 Å². The van der Waals surface area contributed by atoms with Crippen LogP contribution >= 0.6 is 22.9 Å². The van der Waals surface area contributed by atoms with Crippen LogP contribution < -0.4 is 5.32 Å². The molecule has 4 aromatic rings. The first-order valence-electron chi connectivity index (χ1n) is 11.0. The number of aryl methyl sites for hydroxylation is 1. The Morgan fingerprint density at radius 3 is 2.19 bits per heavy atom. The van der Waals surface area contributed by atoms with E-state index in [1.165, 1.54) is 25.3 Å². The van der Waals surface area contributed by atoms with Gasteiger partial charge in [0.05, 0.1) is 16.3 Å². The Kier molecular flexibility index (Phi) is 7.27. The number of nitrogens with zero attached hydrogens (tertiary/aromatic N) is 2. The van der Waals surface area contributed by atoms with Crippen LogP contribution in [0.5, 0.6) is 0 Å². The number of alkyl halides is 5. The number of aromatic nitrogens is 2. The molecular weight excluding hydrogens is 536 g/mol. The maximum Gasteiger partial charge on any atom is 0.416 e. The van der Waals surface area contributed by atoms with Crippen LogP contribution in [-0.4, -0.2) is 9.97 Å². The van der Waals surface area contributed by atoms with Gasteiger partial charge in [0.25, 0.3) is 5.92 Å². The van der Waals surface area contributed by atoms with Gasteiger partial charge in [-0.3, -0.25) is 4.98 Å². The molecule has 0 saturated carbocycles. The van der Waals surface area contributed by atoms with Gasteiger partial charge in [0.2, 0.25) is 0 Å². The highest BCUT2D eigenvalue weighted by atomic mass is 35.5. The van der Waals surface area contributed by atoms with Crippen molar-refractivity contribution in [2.75, 3.05) is 5.32 Å². The molecule has 1 atom stereocenters. The van der Waals surface area contributed by atoms with Crippen molar-refractivity contribution in [1.82, 2.24) is 9.97 Å². The summed E-state index contributed by atoms with van der Waals surface area (Å²) in [6.07, 6.45) is -3.54. The first kappa shape index (κ1) is 26.9. The lowest BCUT2D eigenvalue weighted by molar-refractivity contribution is -0.137. The van der Waals surface area contributed by atoms with Crippen molar-refractivity contribution < 1.29 is 26.3 Å². The molecule has 0 aliphatic carbocycles. The summed E-state index contributed by atoms with van der Waals surface area (Å²) >= 11 is 6.94. The van der Waals surface area contributed by atoms with Crippen LogP contribution in [0.15, 0.2) is 66.9 Å². The van der Waals surface area contributed by atoms with E-state index in [1.807, 2.05) is 0 Å². The van der Waals surface area contributed by atoms with Gasteiger partial charge in [0.15, 0.2) is 5.13 Å². The third kappa shape index (κ3) is 5.91. The number of nitrogens with one attached hydrogen (secondary N) is 1. The van der Waals surface area contributed by atoms with E-state index in [1.54, 1.807) is 30.3 Å². The Morgan fingerprint density at radius 2 is 1.62 bits per heavy atom. The van der Waals surface area contributed by atoms with E-state index in [2.05, 4.69) is 15.3 Å². The number of thiazole rings is 1. The summed E-state index contributed by atoms with van der Waals surface area (Å²) in [7, 11) is 0. The molecule has 37 heavy (non-hydrogen) atoms. The molecule has 2 aromatic carbocycles. The third-order valence-electron chi connectivity index (χ3n) is 5.73. The van der Waals surface area contributed by atoms with Gasteiger partial charge in [-0.2, -0.15) is 22.0 Å². The zero-order valence-electron chi connectivity index (χ0n) is 19.5. The Labute approximate surface area is 218 Å². The summed E-state index contributed by atoms with van der Waals surface area (Å²) in [5.74, 6) is -4.36. The van der Waals surface area contributed by atoms with Crippen molar-refractivity contribution in [3.63, 3.8) is 0 Å². The van der Waals surface area contributed by atoms with Crippen LogP contribution in [0, 0.1) is 12.7 Å². The predicted octanol–water partition coefficient (Wildman–Crippen LogP) is 8.37. The first-order chi connectivity index (χ1) is 17.3. The fourth-order valence-electron chi connectivity index (χ4n) is 4.09. The molecule has 0 amide bonds. The molecule has 3 nitrogen and oxygen atoms in total. The number of benzene rings is 2. The standard InChI is InChI=1S/C26H20ClF6N3S/c1-15-22(24(2,29)30)35-23(37-15)36-25(13-16-6-4-3-5-7-16,21-9-8-19(27)14-34-21)17-10-18(26(31,32)33)12-20(28)11-17/h3-12,14H,13H2,1-2H3,(H,35,36). The number of hydrogen-bond acceptors (Lipinski definition) is 4. The second-order valence-corrected chi connectivity index (χ2v) is 10.2. The molecule has 0 aliphatic heterocycles.